The van der Waals surface area contributed by atoms with Crippen LogP contribution in [0.1, 0.15) is 37.1 Å². The van der Waals surface area contributed by atoms with Crippen molar-refractivity contribution in [1.29, 1.82) is 0 Å². The first kappa shape index (κ1) is 15.3. The van der Waals surface area contributed by atoms with E-state index in [9.17, 15) is 10.2 Å². The van der Waals surface area contributed by atoms with E-state index in [-0.39, 0.29) is 5.92 Å². The molecule has 3 rings (SSSR count). The number of benzene rings is 1. The van der Waals surface area contributed by atoms with E-state index in [0.717, 1.165) is 37.1 Å². The lowest BCUT2D eigenvalue weighted by atomic mass is 9.76. The van der Waals surface area contributed by atoms with Crippen LogP contribution in [0.3, 0.4) is 0 Å². The lowest BCUT2D eigenvalue weighted by Gasteiger charge is -2.39. The smallest absolute Gasteiger partial charge is 0.120 e. The Hall–Kier alpha value is -1.65. The first-order valence-corrected chi connectivity index (χ1v) is 8.06. The minimum atomic E-state index is -1.20. The van der Waals surface area contributed by atoms with Crippen molar-refractivity contribution in [3.63, 3.8) is 0 Å². The highest BCUT2D eigenvalue weighted by Gasteiger charge is 2.45. The molecule has 1 heterocycles. The van der Waals surface area contributed by atoms with Crippen LogP contribution in [0.2, 0.25) is 0 Å². The van der Waals surface area contributed by atoms with Crippen molar-refractivity contribution in [3.8, 4) is 0 Å². The minimum Gasteiger partial charge on any atom is -0.388 e. The quantitative estimate of drug-likeness (QED) is 0.892. The van der Waals surface area contributed by atoms with Gasteiger partial charge in [-0.25, -0.2) is 4.98 Å². The minimum absolute atomic E-state index is 0.105. The van der Waals surface area contributed by atoms with Gasteiger partial charge in [-0.05, 0) is 31.2 Å². The van der Waals surface area contributed by atoms with E-state index in [1.165, 1.54) is 0 Å². The van der Waals surface area contributed by atoms with Gasteiger partial charge in [0.2, 0.25) is 0 Å². The van der Waals surface area contributed by atoms with Crippen LogP contribution < -0.4 is 0 Å². The molecule has 0 saturated heterocycles. The third-order valence-electron chi connectivity index (χ3n) is 5.02. The average Bonchev–Trinajstić information content (AvgIpc) is 3.20. The summed E-state index contributed by atoms with van der Waals surface area (Å²) in [4.78, 5) is 4.19. The summed E-state index contributed by atoms with van der Waals surface area (Å²) in [7, 11) is 0. The first-order chi connectivity index (χ1) is 10.6. The lowest BCUT2D eigenvalue weighted by molar-refractivity contribution is -0.125. The number of rotatable bonds is 5. The Labute approximate surface area is 131 Å². The van der Waals surface area contributed by atoms with Crippen molar-refractivity contribution < 1.29 is 10.2 Å². The van der Waals surface area contributed by atoms with Crippen molar-refractivity contribution >= 4 is 0 Å². The third kappa shape index (κ3) is 2.69. The number of nitrogens with zero attached hydrogens (tertiary/aromatic N) is 2. The number of aliphatic hydroxyl groups excluding tert-OH is 1. The summed E-state index contributed by atoms with van der Waals surface area (Å²) in [6.07, 6.45) is 6.88. The Balaban J connectivity index is 1.92. The number of aryl methyl sites for hydroxylation is 1. The fourth-order valence-corrected chi connectivity index (χ4v) is 3.69. The molecule has 0 bridgehead atoms. The van der Waals surface area contributed by atoms with Crippen LogP contribution in [0.15, 0.2) is 42.7 Å². The molecule has 0 spiro atoms. The van der Waals surface area contributed by atoms with Gasteiger partial charge in [0.15, 0.2) is 0 Å². The third-order valence-corrected chi connectivity index (χ3v) is 5.02. The van der Waals surface area contributed by atoms with Gasteiger partial charge in [-0.15, -0.1) is 0 Å². The summed E-state index contributed by atoms with van der Waals surface area (Å²) < 4.78 is 1.90. The van der Waals surface area contributed by atoms with Crippen LogP contribution >= 0.6 is 0 Å². The van der Waals surface area contributed by atoms with Gasteiger partial charge in [-0.1, -0.05) is 43.2 Å². The molecule has 1 aliphatic carbocycles. The van der Waals surface area contributed by atoms with E-state index in [1.807, 2.05) is 48.0 Å². The summed E-state index contributed by atoms with van der Waals surface area (Å²) in [5, 5.41) is 22.3. The van der Waals surface area contributed by atoms with Crippen molar-refractivity contribution in [2.24, 2.45) is 5.92 Å². The molecule has 22 heavy (non-hydrogen) atoms. The highest BCUT2D eigenvalue weighted by atomic mass is 16.3. The Kier molecular flexibility index (Phi) is 4.32. The Morgan fingerprint density at radius 3 is 2.55 bits per heavy atom. The normalized spacial score (nSPS) is 20.0. The summed E-state index contributed by atoms with van der Waals surface area (Å²) in [6.45, 7) is 2.26. The molecule has 1 aliphatic rings. The van der Waals surface area contributed by atoms with Crippen LogP contribution in [0.4, 0.5) is 0 Å². The fraction of sp³-hybridized carbons (Fsp3) is 0.500. The zero-order chi connectivity index (χ0) is 15.6. The van der Waals surface area contributed by atoms with Gasteiger partial charge >= 0.3 is 0 Å². The Morgan fingerprint density at radius 2 is 1.95 bits per heavy atom. The van der Waals surface area contributed by atoms with Crippen LogP contribution in [-0.2, 0) is 12.1 Å². The molecular formula is C18H24N2O2. The van der Waals surface area contributed by atoms with Crippen LogP contribution in [0, 0.1) is 12.8 Å². The first-order valence-electron chi connectivity index (χ1n) is 8.06. The Bertz CT molecular complexity index is 605. The summed E-state index contributed by atoms with van der Waals surface area (Å²) in [5.41, 5.74) is -0.388. The summed E-state index contributed by atoms with van der Waals surface area (Å²) in [5.74, 6) is 0.953. The number of imidazole rings is 1. The van der Waals surface area contributed by atoms with Crippen LogP contribution in [0.5, 0.6) is 0 Å². The second-order valence-electron chi connectivity index (χ2n) is 6.32. The van der Waals surface area contributed by atoms with E-state index < -0.39 is 11.7 Å². The molecule has 2 aromatic rings. The summed E-state index contributed by atoms with van der Waals surface area (Å²) >= 11 is 0. The molecular weight excluding hydrogens is 276 g/mol. The van der Waals surface area contributed by atoms with Crippen molar-refractivity contribution in [2.75, 3.05) is 0 Å². The maximum atomic E-state index is 11.5. The monoisotopic (exact) mass is 300 g/mol. The van der Waals surface area contributed by atoms with E-state index in [1.54, 1.807) is 6.20 Å². The molecule has 0 aliphatic heterocycles. The zero-order valence-corrected chi connectivity index (χ0v) is 13.0. The van der Waals surface area contributed by atoms with Gasteiger partial charge in [-0.2, -0.15) is 0 Å². The number of aliphatic hydroxyl groups is 2. The second kappa shape index (κ2) is 6.23. The van der Waals surface area contributed by atoms with E-state index in [4.69, 9.17) is 0 Å². The number of aromatic nitrogens is 2. The molecule has 1 aromatic heterocycles. The van der Waals surface area contributed by atoms with Crippen LogP contribution in [0.25, 0.3) is 0 Å². The van der Waals surface area contributed by atoms with Gasteiger partial charge < -0.3 is 14.8 Å². The highest BCUT2D eigenvalue weighted by Crippen LogP contribution is 2.43. The summed E-state index contributed by atoms with van der Waals surface area (Å²) in [6, 6.07) is 9.62. The standard InChI is InChI=1S/C18H24N2O2/c1-14-19-11-12-20(14)13-17(21)18(22,16-9-5-6-10-16)15-7-3-2-4-8-15/h2-4,7-8,11-12,16-17,21-22H,5-6,9-10,13H2,1H3. The molecule has 4 nitrogen and oxygen atoms in total. The van der Waals surface area contributed by atoms with E-state index >= 15 is 0 Å². The van der Waals surface area contributed by atoms with Crippen molar-refractivity contribution in [2.45, 2.75) is 50.9 Å². The highest BCUT2D eigenvalue weighted by molar-refractivity contribution is 5.25. The number of hydrogen-bond acceptors (Lipinski definition) is 3. The lowest BCUT2D eigenvalue weighted by Crippen LogP contribution is -2.47. The second-order valence-corrected chi connectivity index (χ2v) is 6.32. The van der Waals surface area contributed by atoms with Gasteiger partial charge in [0.1, 0.15) is 17.5 Å². The molecule has 2 atom stereocenters. The van der Waals surface area contributed by atoms with Crippen molar-refractivity contribution in [1.82, 2.24) is 9.55 Å². The zero-order valence-electron chi connectivity index (χ0n) is 13.0. The number of hydrogen-bond donors (Lipinski definition) is 2. The molecule has 2 N–H and O–H groups in total. The predicted octanol–water partition coefficient (Wildman–Crippen LogP) is 2.63. The van der Waals surface area contributed by atoms with Gasteiger partial charge in [0, 0.05) is 12.4 Å². The Morgan fingerprint density at radius 1 is 1.27 bits per heavy atom. The molecule has 1 aromatic carbocycles. The average molecular weight is 300 g/mol. The maximum absolute atomic E-state index is 11.5. The van der Waals surface area contributed by atoms with Crippen LogP contribution in [-0.4, -0.2) is 25.9 Å². The molecule has 0 amide bonds. The maximum Gasteiger partial charge on any atom is 0.120 e. The van der Waals surface area contributed by atoms with Gasteiger partial charge in [-0.3, -0.25) is 0 Å². The molecule has 1 fully saturated rings. The molecule has 4 heteroatoms. The molecule has 0 radical (unpaired) electrons. The topological polar surface area (TPSA) is 58.3 Å². The largest absolute Gasteiger partial charge is 0.388 e. The predicted molar refractivity (Wildman–Crippen MR) is 85.3 cm³/mol. The van der Waals surface area contributed by atoms with Gasteiger partial charge in [0.05, 0.1) is 6.54 Å². The van der Waals surface area contributed by atoms with Gasteiger partial charge in [0.25, 0.3) is 0 Å². The molecule has 1 saturated carbocycles. The van der Waals surface area contributed by atoms with E-state index in [0.29, 0.717) is 6.54 Å². The van der Waals surface area contributed by atoms with E-state index in [2.05, 4.69) is 4.98 Å². The van der Waals surface area contributed by atoms with Crippen molar-refractivity contribution in [3.05, 3.63) is 54.1 Å². The SMILES string of the molecule is Cc1nccn1CC(O)C(O)(c1ccccc1)C1CCCC1. The molecule has 2 unspecified atom stereocenters. The fourth-order valence-electron chi connectivity index (χ4n) is 3.69. The molecule has 118 valence electrons.